The molecule has 0 aliphatic rings. The number of thioether (sulfide) groups is 1. The molecule has 1 heterocycles. The van der Waals surface area contributed by atoms with Crippen molar-refractivity contribution in [3.8, 4) is 11.5 Å². The quantitative estimate of drug-likeness (QED) is 0.214. The second-order valence-corrected chi connectivity index (χ2v) is 8.81. The van der Waals surface area contributed by atoms with E-state index in [0.717, 1.165) is 32.5 Å². The van der Waals surface area contributed by atoms with Gasteiger partial charge in [0.15, 0.2) is 10.1 Å². The lowest BCUT2D eigenvalue weighted by Gasteiger charge is -2.08. The van der Waals surface area contributed by atoms with Crippen LogP contribution in [-0.2, 0) is 5.75 Å². The Morgan fingerprint density at radius 3 is 2.70 bits per heavy atom. The van der Waals surface area contributed by atoms with Gasteiger partial charge in [0.1, 0.15) is 11.5 Å². The van der Waals surface area contributed by atoms with Gasteiger partial charge in [0, 0.05) is 16.9 Å². The van der Waals surface area contributed by atoms with Gasteiger partial charge in [-0.25, -0.2) is 4.98 Å². The molecule has 0 aliphatic heterocycles. The van der Waals surface area contributed by atoms with Crippen LogP contribution < -0.4 is 4.74 Å². The zero-order chi connectivity index (χ0) is 20.9. The van der Waals surface area contributed by atoms with Crippen molar-refractivity contribution in [2.24, 2.45) is 0 Å². The molecular weight excluding hydrogens is 414 g/mol. The van der Waals surface area contributed by atoms with E-state index in [0.29, 0.717) is 5.56 Å². The Bertz CT molecular complexity index is 1180. The third kappa shape index (κ3) is 4.72. The maximum absolute atomic E-state index is 12.3. The van der Waals surface area contributed by atoms with Crippen LogP contribution in [0, 0.1) is 0 Å². The Morgan fingerprint density at radius 2 is 1.93 bits per heavy atom. The summed E-state index contributed by atoms with van der Waals surface area (Å²) in [6.45, 7) is 0. The number of thiazole rings is 1. The monoisotopic (exact) mass is 433 g/mol. The molecule has 6 heteroatoms. The maximum Gasteiger partial charge on any atom is 0.185 e. The SMILES string of the molecule is COc1ccc(/C=C/C(=O)c2ccc(O)cc2)cc1CSc1nc2ccccc2s1. The number of hydrogen-bond donors (Lipinski definition) is 1. The molecule has 0 fully saturated rings. The molecule has 0 unspecified atom stereocenters. The minimum atomic E-state index is -0.115. The van der Waals surface area contributed by atoms with E-state index in [1.807, 2.05) is 36.4 Å². The molecule has 30 heavy (non-hydrogen) atoms. The van der Waals surface area contributed by atoms with Gasteiger partial charge in [-0.1, -0.05) is 36.0 Å². The number of rotatable bonds is 7. The molecule has 3 aromatic carbocycles. The average molecular weight is 434 g/mol. The van der Waals surface area contributed by atoms with Gasteiger partial charge in [0.2, 0.25) is 0 Å². The standard InChI is InChI=1S/C24H19NO3S2/c1-28-22-13-7-16(6-12-21(27)17-8-10-19(26)11-9-17)14-18(22)15-29-24-25-20-4-2-3-5-23(20)30-24/h2-14,26H,15H2,1H3/b12-6+. The maximum atomic E-state index is 12.3. The minimum Gasteiger partial charge on any atom is -0.508 e. The topological polar surface area (TPSA) is 59.4 Å². The summed E-state index contributed by atoms with van der Waals surface area (Å²) in [5, 5.41) is 9.35. The predicted octanol–water partition coefficient (Wildman–Crippen LogP) is 6.20. The van der Waals surface area contributed by atoms with Crippen molar-refractivity contribution >= 4 is 45.2 Å². The molecule has 0 bridgehead atoms. The van der Waals surface area contributed by atoms with Crippen LogP contribution in [0.4, 0.5) is 0 Å². The van der Waals surface area contributed by atoms with Crippen LogP contribution in [0.5, 0.6) is 11.5 Å². The van der Waals surface area contributed by atoms with Gasteiger partial charge >= 0.3 is 0 Å². The van der Waals surface area contributed by atoms with Gasteiger partial charge in [-0.2, -0.15) is 0 Å². The Balaban J connectivity index is 1.49. The summed E-state index contributed by atoms with van der Waals surface area (Å²) < 4.78 is 7.70. The highest BCUT2D eigenvalue weighted by atomic mass is 32.2. The summed E-state index contributed by atoms with van der Waals surface area (Å²) >= 11 is 3.35. The molecule has 1 N–H and O–H groups in total. The minimum absolute atomic E-state index is 0.115. The molecule has 150 valence electrons. The van der Waals surface area contributed by atoms with Crippen molar-refractivity contribution in [2.75, 3.05) is 7.11 Å². The fourth-order valence-corrected chi connectivity index (χ4v) is 5.01. The van der Waals surface area contributed by atoms with Crippen molar-refractivity contribution in [3.05, 3.63) is 89.5 Å². The molecule has 4 nitrogen and oxygen atoms in total. The van der Waals surface area contributed by atoms with Gasteiger partial charge in [-0.15, -0.1) is 11.3 Å². The second-order valence-electron chi connectivity index (χ2n) is 6.55. The molecule has 0 amide bonds. The van der Waals surface area contributed by atoms with Crippen LogP contribution in [0.15, 0.2) is 77.1 Å². The number of hydrogen-bond acceptors (Lipinski definition) is 6. The van der Waals surface area contributed by atoms with Crippen LogP contribution in [-0.4, -0.2) is 23.0 Å². The smallest absolute Gasteiger partial charge is 0.185 e. The van der Waals surface area contributed by atoms with Crippen LogP contribution in [0.25, 0.3) is 16.3 Å². The van der Waals surface area contributed by atoms with E-state index in [1.165, 1.54) is 16.8 Å². The fraction of sp³-hybridized carbons (Fsp3) is 0.0833. The molecule has 1 aromatic heterocycles. The zero-order valence-corrected chi connectivity index (χ0v) is 17.9. The van der Waals surface area contributed by atoms with E-state index >= 15 is 0 Å². The number of carbonyl (C=O) groups is 1. The van der Waals surface area contributed by atoms with Gasteiger partial charge in [0.25, 0.3) is 0 Å². The summed E-state index contributed by atoms with van der Waals surface area (Å²) in [5.74, 6) is 1.55. The third-order valence-corrected chi connectivity index (χ3v) is 6.74. The van der Waals surface area contributed by atoms with Crippen molar-refractivity contribution in [2.45, 2.75) is 10.1 Å². The van der Waals surface area contributed by atoms with E-state index < -0.39 is 0 Å². The lowest BCUT2D eigenvalue weighted by Crippen LogP contribution is -1.94. The lowest BCUT2D eigenvalue weighted by molar-refractivity contribution is 0.104. The number of aromatic nitrogens is 1. The molecule has 0 spiro atoms. The van der Waals surface area contributed by atoms with Crippen LogP contribution in [0.2, 0.25) is 0 Å². The third-order valence-electron chi connectivity index (χ3n) is 4.51. The number of fused-ring (bicyclic) bond motifs is 1. The highest BCUT2D eigenvalue weighted by Crippen LogP contribution is 2.34. The van der Waals surface area contributed by atoms with E-state index in [-0.39, 0.29) is 11.5 Å². The molecule has 0 saturated carbocycles. The first kappa shape index (κ1) is 20.2. The number of aromatic hydroxyl groups is 1. The van der Waals surface area contributed by atoms with Gasteiger partial charge in [0.05, 0.1) is 17.3 Å². The predicted molar refractivity (Wildman–Crippen MR) is 124 cm³/mol. The number of nitrogens with zero attached hydrogens (tertiary/aromatic N) is 1. The summed E-state index contributed by atoms with van der Waals surface area (Å²) in [4.78, 5) is 17.0. The zero-order valence-electron chi connectivity index (χ0n) is 16.2. The summed E-state index contributed by atoms with van der Waals surface area (Å²) in [6, 6.07) is 20.2. The van der Waals surface area contributed by atoms with E-state index in [1.54, 1.807) is 54.5 Å². The van der Waals surface area contributed by atoms with Gasteiger partial charge in [-0.05, 0) is 60.2 Å². The highest BCUT2D eigenvalue weighted by Gasteiger charge is 2.09. The van der Waals surface area contributed by atoms with Crippen LogP contribution in [0.1, 0.15) is 21.5 Å². The second kappa shape index (κ2) is 9.15. The molecule has 4 rings (SSSR count). The molecule has 0 atom stereocenters. The Morgan fingerprint density at radius 1 is 1.13 bits per heavy atom. The number of para-hydroxylation sites is 1. The Hall–Kier alpha value is -3.09. The summed E-state index contributed by atoms with van der Waals surface area (Å²) in [7, 11) is 1.66. The van der Waals surface area contributed by atoms with Crippen molar-refractivity contribution in [1.82, 2.24) is 4.98 Å². The van der Waals surface area contributed by atoms with Gasteiger partial charge in [-0.3, -0.25) is 4.79 Å². The molecule has 4 aromatic rings. The van der Waals surface area contributed by atoms with Crippen molar-refractivity contribution < 1.29 is 14.6 Å². The Labute approximate surface area is 182 Å². The fourth-order valence-electron chi connectivity index (χ4n) is 2.96. The first-order valence-corrected chi connectivity index (χ1v) is 11.1. The molecule has 0 aliphatic carbocycles. The first-order chi connectivity index (χ1) is 14.6. The van der Waals surface area contributed by atoms with E-state index in [4.69, 9.17) is 4.74 Å². The summed E-state index contributed by atoms with van der Waals surface area (Å²) in [5.41, 5.74) is 3.51. The molecular formula is C24H19NO3S2. The lowest BCUT2D eigenvalue weighted by atomic mass is 10.1. The number of phenolic OH excluding ortho intramolecular Hbond substituents is 1. The van der Waals surface area contributed by atoms with Crippen molar-refractivity contribution in [1.29, 1.82) is 0 Å². The number of allylic oxidation sites excluding steroid dienone is 1. The van der Waals surface area contributed by atoms with E-state index in [2.05, 4.69) is 11.1 Å². The summed E-state index contributed by atoms with van der Waals surface area (Å²) in [6.07, 6.45) is 3.33. The van der Waals surface area contributed by atoms with Gasteiger partial charge < -0.3 is 9.84 Å². The van der Waals surface area contributed by atoms with Crippen LogP contribution >= 0.6 is 23.1 Å². The van der Waals surface area contributed by atoms with E-state index in [9.17, 15) is 9.90 Å². The number of methoxy groups -OCH3 is 1. The number of ketones is 1. The average Bonchev–Trinajstić information content (AvgIpc) is 3.19. The molecule has 0 radical (unpaired) electrons. The number of phenols is 1. The molecule has 0 saturated heterocycles. The number of ether oxygens (including phenoxy) is 1. The largest absolute Gasteiger partial charge is 0.508 e. The normalized spacial score (nSPS) is 11.2. The highest BCUT2D eigenvalue weighted by molar-refractivity contribution is 8.00. The van der Waals surface area contributed by atoms with Crippen molar-refractivity contribution in [3.63, 3.8) is 0 Å². The number of benzene rings is 3. The first-order valence-electron chi connectivity index (χ1n) is 9.29. The number of carbonyl (C=O) groups excluding carboxylic acids is 1. The Kier molecular flexibility index (Phi) is 6.16. The van der Waals surface area contributed by atoms with Crippen LogP contribution in [0.3, 0.4) is 0 Å².